The molecule has 1 fully saturated rings. The van der Waals surface area contributed by atoms with Crippen LogP contribution in [0.25, 0.3) is 0 Å². The predicted octanol–water partition coefficient (Wildman–Crippen LogP) is 4.02. The molecule has 0 radical (unpaired) electrons. The Hall–Kier alpha value is -1.51. The topological polar surface area (TPSA) is 38.3 Å². The molecule has 1 aliphatic rings. The molecule has 0 saturated heterocycles. The lowest BCUT2D eigenvalue weighted by molar-refractivity contribution is 0.0600. The normalized spacial score (nSPS) is 26.1. The van der Waals surface area contributed by atoms with Crippen molar-refractivity contribution >= 4 is 11.7 Å². The number of hydrogen-bond acceptors (Lipinski definition) is 3. The van der Waals surface area contributed by atoms with Crippen LogP contribution in [0, 0.1) is 18.8 Å². The van der Waals surface area contributed by atoms with Crippen LogP contribution in [0.4, 0.5) is 5.69 Å². The number of methoxy groups -OCH3 is 1. The highest BCUT2D eigenvalue weighted by Crippen LogP contribution is 2.31. The van der Waals surface area contributed by atoms with Crippen LogP contribution in [0.5, 0.6) is 0 Å². The highest BCUT2D eigenvalue weighted by molar-refractivity contribution is 5.90. The average molecular weight is 275 g/mol. The molecule has 1 saturated carbocycles. The van der Waals surface area contributed by atoms with E-state index < -0.39 is 0 Å². The largest absolute Gasteiger partial charge is 0.465 e. The molecule has 3 unspecified atom stereocenters. The molecule has 3 heteroatoms. The van der Waals surface area contributed by atoms with Crippen LogP contribution >= 0.6 is 0 Å². The van der Waals surface area contributed by atoms with Gasteiger partial charge in [0, 0.05) is 11.7 Å². The van der Waals surface area contributed by atoms with E-state index in [-0.39, 0.29) is 5.97 Å². The third kappa shape index (κ3) is 3.33. The van der Waals surface area contributed by atoms with Crippen molar-refractivity contribution < 1.29 is 9.53 Å². The minimum atomic E-state index is -0.278. The van der Waals surface area contributed by atoms with Crippen molar-refractivity contribution in [3.8, 4) is 0 Å². The SMILES string of the molecule is COC(=O)c1ccc(NC2CCC(C)CC2C)c(C)c1. The predicted molar refractivity (Wildman–Crippen MR) is 82.1 cm³/mol. The second kappa shape index (κ2) is 6.29. The van der Waals surface area contributed by atoms with Gasteiger partial charge in [-0.15, -0.1) is 0 Å². The molecule has 1 aliphatic carbocycles. The summed E-state index contributed by atoms with van der Waals surface area (Å²) in [7, 11) is 1.41. The summed E-state index contributed by atoms with van der Waals surface area (Å²) < 4.78 is 4.75. The number of nitrogens with one attached hydrogen (secondary N) is 1. The molecule has 0 aliphatic heterocycles. The molecule has 3 atom stereocenters. The van der Waals surface area contributed by atoms with E-state index in [1.165, 1.54) is 26.4 Å². The number of carbonyl (C=O) groups is 1. The summed E-state index contributed by atoms with van der Waals surface area (Å²) in [5, 5.41) is 3.65. The van der Waals surface area contributed by atoms with Crippen molar-refractivity contribution in [2.45, 2.75) is 46.1 Å². The van der Waals surface area contributed by atoms with Crippen LogP contribution in [-0.2, 0) is 4.74 Å². The molecular formula is C17H25NO2. The second-order valence-corrected chi connectivity index (χ2v) is 6.17. The Morgan fingerprint density at radius 1 is 1.30 bits per heavy atom. The molecule has 0 aromatic heterocycles. The number of rotatable bonds is 3. The summed E-state index contributed by atoms with van der Waals surface area (Å²) in [6.45, 7) is 6.69. The van der Waals surface area contributed by atoms with E-state index in [1.807, 2.05) is 25.1 Å². The molecular weight excluding hydrogens is 250 g/mol. The van der Waals surface area contributed by atoms with Crippen molar-refractivity contribution in [2.24, 2.45) is 11.8 Å². The van der Waals surface area contributed by atoms with Gasteiger partial charge in [0.25, 0.3) is 0 Å². The quantitative estimate of drug-likeness (QED) is 0.847. The maximum absolute atomic E-state index is 11.5. The Labute approximate surface area is 121 Å². The number of aryl methyl sites for hydroxylation is 1. The first-order chi connectivity index (χ1) is 9.51. The molecule has 0 heterocycles. The van der Waals surface area contributed by atoms with Crippen molar-refractivity contribution in [3.05, 3.63) is 29.3 Å². The summed E-state index contributed by atoms with van der Waals surface area (Å²) in [6.07, 6.45) is 3.80. The summed E-state index contributed by atoms with van der Waals surface area (Å²) in [5.41, 5.74) is 2.84. The number of carbonyl (C=O) groups excluding carboxylic acids is 1. The standard InChI is InChI=1S/C17H25NO2/c1-11-5-7-15(12(2)9-11)18-16-8-6-14(10-13(16)3)17(19)20-4/h6,8,10-12,15,18H,5,7,9H2,1-4H3. The Bertz CT molecular complexity index is 484. The van der Waals surface area contributed by atoms with Crippen LogP contribution in [0.3, 0.4) is 0 Å². The maximum atomic E-state index is 11.5. The van der Waals surface area contributed by atoms with Gasteiger partial charge < -0.3 is 10.1 Å². The minimum absolute atomic E-state index is 0.278. The molecule has 0 bridgehead atoms. The molecule has 0 amide bonds. The lowest BCUT2D eigenvalue weighted by atomic mass is 9.79. The third-order valence-electron chi connectivity index (χ3n) is 4.42. The molecule has 0 spiro atoms. The Morgan fingerprint density at radius 3 is 2.65 bits per heavy atom. The average Bonchev–Trinajstić information content (AvgIpc) is 2.42. The molecule has 1 aromatic carbocycles. The summed E-state index contributed by atoms with van der Waals surface area (Å²) >= 11 is 0. The van der Waals surface area contributed by atoms with E-state index in [1.54, 1.807) is 0 Å². The monoisotopic (exact) mass is 275 g/mol. The van der Waals surface area contributed by atoms with Gasteiger partial charge in [-0.25, -0.2) is 4.79 Å². The molecule has 1 aromatic rings. The van der Waals surface area contributed by atoms with E-state index >= 15 is 0 Å². The fourth-order valence-electron chi connectivity index (χ4n) is 3.15. The van der Waals surface area contributed by atoms with Crippen molar-refractivity contribution in [3.63, 3.8) is 0 Å². The third-order valence-corrected chi connectivity index (χ3v) is 4.42. The Morgan fingerprint density at radius 2 is 2.05 bits per heavy atom. The highest BCUT2D eigenvalue weighted by atomic mass is 16.5. The fourth-order valence-corrected chi connectivity index (χ4v) is 3.15. The van der Waals surface area contributed by atoms with Gasteiger partial charge in [0.05, 0.1) is 12.7 Å². The van der Waals surface area contributed by atoms with Crippen molar-refractivity contribution in [1.29, 1.82) is 0 Å². The van der Waals surface area contributed by atoms with Gasteiger partial charge in [0.1, 0.15) is 0 Å². The Kier molecular flexibility index (Phi) is 4.69. The van der Waals surface area contributed by atoms with Gasteiger partial charge in [-0.1, -0.05) is 13.8 Å². The zero-order chi connectivity index (χ0) is 14.7. The maximum Gasteiger partial charge on any atom is 0.337 e. The van der Waals surface area contributed by atoms with Gasteiger partial charge in [-0.2, -0.15) is 0 Å². The lowest BCUT2D eigenvalue weighted by Gasteiger charge is -2.34. The van der Waals surface area contributed by atoms with Crippen molar-refractivity contribution in [1.82, 2.24) is 0 Å². The number of esters is 1. The number of ether oxygens (including phenoxy) is 1. The van der Waals surface area contributed by atoms with Crippen LogP contribution in [0.1, 0.15) is 49.0 Å². The first-order valence-electron chi connectivity index (χ1n) is 7.46. The molecule has 2 rings (SSSR count). The first-order valence-corrected chi connectivity index (χ1v) is 7.46. The zero-order valence-electron chi connectivity index (χ0n) is 12.9. The van der Waals surface area contributed by atoms with Gasteiger partial charge >= 0.3 is 5.97 Å². The molecule has 1 N–H and O–H groups in total. The van der Waals surface area contributed by atoms with Crippen LogP contribution in [0.2, 0.25) is 0 Å². The minimum Gasteiger partial charge on any atom is -0.465 e. The van der Waals surface area contributed by atoms with Gasteiger partial charge in [-0.05, 0) is 61.8 Å². The molecule has 20 heavy (non-hydrogen) atoms. The number of benzene rings is 1. The highest BCUT2D eigenvalue weighted by Gasteiger charge is 2.25. The lowest BCUT2D eigenvalue weighted by Crippen LogP contribution is -2.33. The Balaban J connectivity index is 2.08. The van der Waals surface area contributed by atoms with E-state index in [0.717, 1.165) is 17.2 Å². The number of anilines is 1. The molecule has 110 valence electrons. The van der Waals surface area contributed by atoms with Crippen LogP contribution < -0.4 is 5.32 Å². The van der Waals surface area contributed by atoms with Crippen LogP contribution in [0.15, 0.2) is 18.2 Å². The fraction of sp³-hybridized carbons (Fsp3) is 0.588. The first kappa shape index (κ1) is 14.9. The second-order valence-electron chi connectivity index (χ2n) is 6.17. The van der Waals surface area contributed by atoms with Crippen LogP contribution in [-0.4, -0.2) is 19.1 Å². The zero-order valence-corrected chi connectivity index (χ0v) is 12.9. The summed E-state index contributed by atoms with van der Waals surface area (Å²) in [5.74, 6) is 1.25. The van der Waals surface area contributed by atoms with E-state index in [0.29, 0.717) is 17.5 Å². The van der Waals surface area contributed by atoms with E-state index in [4.69, 9.17) is 4.74 Å². The van der Waals surface area contributed by atoms with Crippen molar-refractivity contribution in [2.75, 3.05) is 12.4 Å². The van der Waals surface area contributed by atoms with Gasteiger partial charge in [0.15, 0.2) is 0 Å². The number of hydrogen-bond donors (Lipinski definition) is 1. The molecule has 3 nitrogen and oxygen atoms in total. The summed E-state index contributed by atoms with van der Waals surface area (Å²) in [6, 6.07) is 6.25. The van der Waals surface area contributed by atoms with E-state index in [2.05, 4.69) is 19.2 Å². The summed E-state index contributed by atoms with van der Waals surface area (Å²) in [4.78, 5) is 11.5. The van der Waals surface area contributed by atoms with Gasteiger partial charge in [-0.3, -0.25) is 0 Å². The van der Waals surface area contributed by atoms with E-state index in [9.17, 15) is 4.79 Å². The van der Waals surface area contributed by atoms with Gasteiger partial charge in [0.2, 0.25) is 0 Å². The smallest absolute Gasteiger partial charge is 0.337 e.